The molecule has 2 fully saturated rings. The Morgan fingerprint density at radius 1 is 1.53 bits per heavy atom. The summed E-state index contributed by atoms with van der Waals surface area (Å²) in [6.45, 7) is 7.81. The van der Waals surface area contributed by atoms with Gasteiger partial charge in [-0.05, 0) is 38.7 Å². The summed E-state index contributed by atoms with van der Waals surface area (Å²) in [5.41, 5.74) is 1.22. The van der Waals surface area contributed by atoms with Crippen molar-refractivity contribution in [3.8, 4) is 0 Å². The molecule has 0 bridgehead atoms. The largest absolute Gasteiger partial charge is 0.455 e. The van der Waals surface area contributed by atoms with E-state index in [1.54, 1.807) is 0 Å². The smallest absolute Gasteiger partial charge is 0.334 e. The van der Waals surface area contributed by atoms with Crippen molar-refractivity contribution in [2.75, 3.05) is 0 Å². The second-order valence-electron chi connectivity index (χ2n) is 6.09. The lowest BCUT2D eigenvalue weighted by Crippen LogP contribution is -2.31. The van der Waals surface area contributed by atoms with Gasteiger partial charge in [0, 0.05) is 11.5 Å². The fourth-order valence-corrected chi connectivity index (χ4v) is 3.20. The molecular weight excluding hydrogens is 244 g/mol. The van der Waals surface area contributed by atoms with Crippen molar-refractivity contribution >= 4 is 5.97 Å². The highest BCUT2D eigenvalue weighted by atomic mass is 16.6. The Hall–Kier alpha value is -1.13. The van der Waals surface area contributed by atoms with E-state index in [2.05, 4.69) is 19.6 Å². The van der Waals surface area contributed by atoms with Crippen molar-refractivity contribution < 1.29 is 19.4 Å². The lowest BCUT2D eigenvalue weighted by Gasteiger charge is -2.22. The van der Waals surface area contributed by atoms with E-state index in [0.717, 1.165) is 18.4 Å². The molecule has 3 rings (SSSR count). The summed E-state index contributed by atoms with van der Waals surface area (Å²) < 4.78 is 11.2. The first-order valence-electron chi connectivity index (χ1n) is 6.85. The average molecular weight is 264 g/mol. The van der Waals surface area contributed by atoms with Crippen LogP contribution in [0.1, 0.15) is 33.1 Å². The Balaban J connectivity index is 1.91. The molecule has 1 N–H and O–H groups in total. The minimum atomic E-state index is -0.540. The van der Waals surface area contributed by atoms with Crippen LogP contribution in [0.2, 0.25) is 0 Å². The molecule has 4 heteroatoms. The number of hydrogen-bond donors (Lipinski definition) is 1. The zero-order valence-electron chi connectivity index (χ0n) is 11.4. The molecule has 4 nitrogen and oxygen atoms in total. The zero-order valence-corrected chi connectivity index (χ0v) is 11.4. The van der Waals surface area contributed by atoms with Gasteiger partial charge < -0.3 is 14.6 Å². The van der Waals surface area contributed by atoms with E-state index in [-0.39, 0.29) is 29.7 Å². The molecule has 104 valence electrons. The summed E-state index contributed by atoms with van der Waals surface area (Å²) in [5.74, 6) is -0.489. The number of aliphatic hydroxyl groups excluding tert-OH is 1. The molecule has 0 spiro atoms. The van der Waals surface area contributed by atoms with Gasteiger partial charge in [0.1, 0.15) is 12.2 Å². The molecule has 19 heavy (non-hydrogen) atoms. The van der Waals surface area contributed by atoms with E-state index >= 15 is 0 Å². The fourth-order valence-electron chi connectivity index (χ4n) is 3.20. The number of allylic oxidation sites excluding steroid dienone is 1. The second-order valence-corrected chi connectivity index (χ2v) is 6.09. The first kappa shape index (κ1) is 12.9. The monoisotopic (exact) mass is 264 g/mol. The molecule has 0 aromatic rings. The van der Waals surface area contributed by atoms with Crippen LogP contribution in [0, 0.1) is 5.92 Å². The zero-order chi connectivity index (χ0) is 13.8. The standard InChI is InChI=1S/C15H20O4/c1-8-5-4-6-15(3)13(19-15)12-10(7-11(8)16)9(2)14(17)18-12/h5,10-13,16H,2,4,6-7H2,1,3H3/b8-5-/t10?,11-,12-,13-,15+/m0/s1. The lowest BCUT2D eigenvalue weighted by atomic mass is 9.83. The van der Waals surface area contributed by atoms with E-state index in [1.807, 2.05) is 6.92 Å². The Labute approximate surface area is 113 Å². The summed E-state index contributed by atoms with van der Waals surface area (Å²) in [6.07, 6.45) is 3.42. The van der Waals surface area contributed by atoms with Gasteiger partial charge in [-0.2, -0.15) is 0 Å². The van der Waals surface area contributed by atoms with Gasteiger partial charge in [0.15, 0.2) is 0 Å². The lowest BCUT2D eigenvalue weighted by molar-refractivity contribution is -0.140. The highest BCUT2D eigenvalue weighted by molar-refractivity contribution is 5.91. The Kier molecular flexibility index (Phi) is 2.84. The highest BCUT2D eigenvalue weighted by Gasteiger charge is 2.61. The topological polar surface area (TPSA) is 59.1 Å². The summed E-state index contributed by atoms with van der Waals surface area (Å²) in [7, 11) is 0. The summed E-state index contributed by atoms with van der Waals surface area (Å²) >= 11 is 0. The number of hydrogen-bond acceptors (Lipinski definition) is 4. The third kappa shape index (κ3) is 2.03. The van der Waals surface area contributed by atoms with Crippen molar-refractivity contribution in [1.82, 2.24) is 0 Å². The molecule has 0 radical (unpaired) electrons. The molecule has 0 aromatic carbocycles. The summed E-state index contributed by atoms with van der Waals surface area (Å²) in [4.78, 5) is 11.7. The normalized spacial score (nSPS) is 48.7. The first-order valence-corrected chi connectivity index (χ1v) is 6.85. The minimum absolute atomic E-state index is 0.0558. The molecular formula is C15H20O4. The molecule has 1 unspecified atom stereocenters. The number of carbonyl (C=O) groups is 1. The number of esters is 1. The van der Waals surface area contributed by atoms with Crippen LogP contribution in [0.15, 0.2) is 23.8 Å². The number of epoxide rings is 1. The molecule has 2 aliphatic heterocycles. The molecule has 0 saturated carbocycles. The highest BCUT2D eigenvalue weighted by Crippen LogP contribution is 2.49. The van der Waals surface area contributed by atoms with Crippen molar-refractivity contribution in [1.29, 1.82) is 0 Å². The van der Waals surface area contributed by atoms with E-state index in [9.17, 15) is 9.90 Å². The van der Waals surface area contributed by atoms with Crippen LogP contribution in [0.3, 0.4) is 0 Å². The van der Waals surface area contributed by atoms with E-state index in [0.29, 0.717) is 12.0 Å². The van der Waals surface area contributed by atoms with Gasteiger partial charge in [-0.25, -0.2) is 4.79 Å². The maximum Gasteiger partial charge on any atom is 0.334 e. The van der Waals surface area contributed by atoms with Crippen LogP contribution in [0.25, 0.3) is 0 Å². The van der Waals surface area contributed by atoms with E-state index in [1.165, 1.54) is 0 Å². The summed E-state index contributed by atoms with van der Waals surface area (Å²) in [5, 5.41) is 10.2. The molecule has 2 heterocycles. The first-order chi connectivity index (χ1) is 8.92. The van der Waals surface area contributed by atoms with Crippen molar-refractivity contribution in [3.63, 3.8) is 0 Å². The Morgan fingerprint density at radius 2 is 2.26 bits per heavy atom. The van der Waals surface area contributed by atoms with Crippen LogP contribution in [-0.4, -0.2) is 35.0 Å². The van der Waals surface area contributed by atoms with Crippen LogP contribution in [-0.2, 0) is 14.3 Å². The SMILES string of the molecule is C=C1C(=O)O[C@H]2C1C[C@H](O)/C(C)=C\CC[C@@]1(C)O[C@@H]21. The predicted molar refractivity (Wildman–Crippen MR) is 69.4 cm³/mol. The van der Waals surface area contributed by atoms with Gasteiger partial charge in [0.2, 0.25) is 0 Å². The Morgan fingerprint density at radius 3 is 3.00 bits per heavy atom. The quantitative estimate of drug-likeness (QED) is 0.313. The molecule has 3 aliphatic rings. The summed E-state index contributed by atoms with van der Waals surface area (Å²) in [6, 6.07) is 0. The fraction of sp³-hybridized carbons (Fsp3) is 0.667. The predicted octanol–water partition coefficient (Wildman–Crippen LogP) is 1.73. The maximum absolute atomic E-state index is 11.7. The van der Waals surface area contributed by atoms with Gasteiger partial charge in [0.25, 0.3) is 0 Å². The number of rotatable bonds is 0. The van der Waals surface area contributed by atoms with Gasteiger partial charge in [-0.1, -0.05) is 12.7 Å². The van der Waals surface area contributed by atoms with Gasteiger partial charge >= 0.3 is 5.97 Å². The van der Waals surface area contributed by atoms with E-state index < -0.39 is 6.10 Å². The maximum atomic E-state index is 11.7. The van der Waals surface area contributed by atoms with Crippen LogP contribution in [0.4, 0.5) is 0 Å². The third-order valence-corrected chi connectivity index (χ3v) is 4.70. The van der Waals surface area contributed by atoms with E-state index in [4.69, 9.17) is 9.47 Å². The van der Waals surface area contributed by atoms with Gasteiger partial charge in [-0.3, -0.25) is 0 Å². The van der Waals surface area contributed by atoms with Crippen molar-refractivity contribution in [2.24, 2.45) is 5.92 Å². The number of ether oxygens (including phenoxy) is 2. The van der Waals surface area contributed by atoms with Crippen LogP contribution >= 0.6 is 0 Å². The van der Waals surface area contributed by atoms with Crippen LogP contribution < -0.4 is 0 Å². The van der Waals surface area contributed by atoms with Crippen molar-refractivity contribution in [3.05, 3.63) is 23.8 Å². The number of aliphatic hydroxyl groups is 1. The van der Waals surface area contributed by atoms with Crippen molar-refractivity contribution in [2.45, 2.75) is 57.0 Å². The number of fused-ring (bicyclic) bond motifs is 3. The third-order valence-electron chi connectivity index (χ3n) is 4.70. The minimum Gasteiger partial charge on any atom is -0.455 e. The molecule has 0 amide bonds. The molecule has 5 atom stereocenters. The number of carbonyl (C=O) groups excluding carboxylic acids is 1. The second kappa shape index (κ2) is 4.18. The van der Waals surface area contributed by atoms with Gasteiger partial charge in [0.05, 0.1) is 11.7 Å². The Bertz CT molecular complexity index is 467. The molecule has 1 aliphatic carbocycles. The average Bonchev–Trinajstić information content (AvgIpc) is 2.95. The molecule has 2 saturated heterocycles. The van der Waals surface area contributed by atoms with Crippen LogP contribution in [0.5, 0.6) is 0 Å². The van der Waals surface area contributed by atoms with Gasteiger partial charge in [-0.15, -0.1) is 0 Å². The molecule has 0 aromatic heterocycles.